The van der Waals surface area contributed by atoms with Crippen molar-refractivity contribution < 1.29 is 23.1 Å². The van der Waals surface area contributed by atoms with Crippen LogP contribution in [0.3, 0.4) is 0 Å². The Morgan fingerprint density at radius 2 is 1.92 bits per heavy atom. The number of likely N-dealkylation sites (N-methyl/N-ethyl adjacent to an activating group) is 1. The van der Waals surface area contributed by atoms with Gasteiger partial charge in [-0.25, -0.2) is 9.78 Å². The van der Waals surface area contributed by atoms with Gasteiger partial charge in [-0.3, -0.25) is 0 Å². The van der Waals surface area contributed by atoms with E-state index in [1.165, 1.54) is 12.1 Å². The molecule has 2 N–H and O–H groups in total. The first-order chi connectivity index (χ1) is 11.7. The zero-order chi connectivity index (χ0) is 18.6. The zero-order valence-electron chi connectivity index (χ0n) is 13.7. The van der Waals surface area contributed by atoms with Crippen LogP contribution in [0.25, 0.3) is 0 Å². The number of halogens is 3. The molecule has 0 fully saturated rings. The molecular formula is C17H18F3N3O2. The van der Waals surface area contributed by atoms with E-state index in [0.717, 1.165) is 12.1 Å². The highest BCUT2D eigenvalue weighted by molar-refractivity contribution is 5.85. The number of pyridine rings is 1. The fourth-order valence-electron chi connectivity index (χ4n) is 2.37. The van der Waals surface area contributed by atoms with E-state index in [2.05, 4.69) is 10.3 Å². The Labute approximate surface area is 143 Å². The van der Waals surface area contributed by atoms with Crippen LogP contribution in [0.15, 0.2) is 42.5 Å². The van der Waals surface area contributed by atoms with Crippen molar-refractivity contribution in [2.24, 2.45) is 0 Å². The lowest BCUT2D eigenvalue weighted by Crippen LogP contribution is -2.27. The van der Waals surface area contributed by atoms with Gasteiger partial charge in [0, 0.05) is 6.54 Å². The van der Waals surface area contributed by atoms with Crippen LogP contribution >= 0.6 is 0 Å². The first-order valence-corrected chi connectivity index (χ1v) is 7.46. The van der Waals surface area contributed by atoms with Crippen LogP contribution in [0.2, 0.25) is 0 Å². The Balaban J connectivity index is 2.20. The van der Waals surface area contributed by atoms with E-state index in [9.17, 15) is 18.0 Å². The number of anilines is 1. The van der Waals surface area contributed by atoms with Crippen LogP contribution in [0.1, 0.15) is 27.7 Å². The Morgan fingerprint density at radius 3 is 2.52 bits per heavy atom. The lowest BCUT2D eigenvalue weighted by atomic mass is 10.0. The number of carboxylic acids is 1. The molecule has 1 aromatic heterocycles. The molecule has 0 aliphatic rings. The van der Waals surface area contributed by atoms with E-state index in [1.807, 2.05) is 0 Å². The third kappa shape index (κ3) is 4.93. The second-order valence-corrected chi connectivity index (χ2v) is 5.70. The number of carboxylic acid groups (broad SMARTS) is 1. The Bertz CT molecular complexity index is 748. The van der Waals surface area contributed by atoms with Crippen molar-refractivity contribution in [3.05, 3.63) is 59.3 Å². The van der Waals surface area contributed by atoms with E-state index in [1.54, 1.807) is 37.2 Å². The summed E-state index contributed by atoms with van der Waals surface area (Å²) in [5, 5.41) is 11.9. The molecule has 1 heterocycles. The summed E-state index contributed by atoms with van der Waals surface area (Å²) in [5.41, 5.74) is -0.310. The van der Waals surface area contributed by atoms with Gasteiger partial charge < -0.3 is 15.3 Å². The van der Waals surface area contributed by atoms with Gasteiger partial charge in [0.25, 0.3) is 0 Å². The van der Waals surface area contributed by atoms with Crippen molar-refractivity contribution in [1.82, 2.24) is 9.88 Å². The summed E-state index contributed by atoms with van der Waals surface area (Å²) in [4.78, 5) is 16.7. The number of rotatable bonds is 6. The molecule has 5 nitrogen and oxygen atoms in total. The lowest BCUT2D eigenvalue weighted by Gasteiger charge is -2.26. The van der Waals surface area contributed by atoms with Crippen molar-refractivity contribution in [3.63, 3.8) is 0 Å². The van der Waals surface area contributed by atoms with E-state index in [4.69, 9.17) is 5.11 Å². The predicted octanol–water partition coefficient (Wildman–Crippen LogP) is 3.51. The van der Waals surface area contributed by atoms with E-state index in [-0.39, 0.29) is 18.3 Å². The van der Waals surface area contributed by atoms with Gasteiger partial charge in [-0.2, -0.15) is 13.2 Å². The summed E-state index contributed by atoms with van der Waals surface area (Å²) in [7, 11) is 3.52. The lowest BCUT2D eigenvalue weighted by molar-refractivity contribution is -0.137. The minimum absolute atomic E-state index is 0.106. The number of carbonyl (C=O) groups is 1. The molecule has 2 rings (SSSR count). The maximum absolute atomic E-state index is 12.9. The van der Waals surface area contributed by atoms with E-state index >= 15 is 0 Å². The van der Waals surface area contributed by atoms with Crippen LogP contribution in [-0.4, -0.2) is 41.6 Å². The highest BCUT2D eigenvalue weighted by Gasteiger charge is 2.31. The molecule has 0 aliphatic carbocycles. The molecule has 1 atom stereocenters. The van der Waals surface area contributed by atoms with Gasteiger partial charge in [-0.1, -0.05) is 18.2 Å². The summed E-state index contributed by atoms with van der Waals surface area (Å²) >= 11 is 0. The van der Waals surface area contributed by atoms with Gasteiger partial charge in [0.05, 0.1) is 11.6 Å². The first-order valence-electron chi connectivity index (χ1n) is 7.46. The highest BCUT2D eigenvalue weighted by atomic mass is 19.4. The Kier molecular flexibility index (Phi) is 5.63. The number of hydrogen-bond donors (Lipinski definition) is 2. The van der Waals surface area contributed by atoms with Gasteiger partial charge >= 0.3 is 12.1 Å². The number of nitrogens with one attached hydrogen (secondary N) is 1. The number of benzene rings is 1. The van der Waals surface area contributed by atoms with Crippen LogP contribution < -0.4 is 5.32 Å². The molecule has 1 unspecified atom stereocenters. The van der Waals surface area contributed by atoms with Gasteiger partial charge in [0.1, 0.15) is 5.82 Å². The number of aromatic nitrogens is 1. The van der Waals surface area contributed by atoms with Crippen molar-refractivity contribution >= 4 is 11.8 Å². The van der Waals surface area contributed by atoms with Crippen molar-refractivity contribution in [3.8, 4) is 0 Å². The normalized spacial score (nSPS) is 12.9. The number of hydrogen-bond acceptors (Lipinski definition) is 4. The summed E-state index contributed by atoms with van der Waals surface area (Å²) in [5.74, 6) is -0.801. The standard InChI is InChI=1S/C17H18F3N3O2/c1-23(2)14(11-5-3-6-12(9-11)17(18,19)20)10-21-15-8-4-7-13(22-15)16(24)25/h3-9,14H,10H2,1-2H3,(H,21,22)(H,24,25). The van der Waals surface area contributed by atoms with Gasteiger partial charge in [0.2, 0.25) is 0 Å². The quantitative estimate of drug-likeness (QED) is 0.832. The molecule has 0 spiro atoms. The van der Waals surface area contributed by atoms with Crippen LogP contribution in [0.5, 0.6) is 0 Å². The third-order valence-electron chi connectivity index (χ3n) is 3.67. The molecule has 0 radical (unpaired) electrons. The predicted molar refractivity (Wildman–Crippen MR) is 87.6 cm³/mol. The molecule has 134 valence electrons. The van der Waals surface area contributed by atoms with Gasteiger partial charge in [-0.05, 0) is 43.9 Å². The molecule has 1 aromatic carbocycles. The largest absolute Gasteiger partial charge is 0.477 e. The molecule has 0 saturated carbocycles. The van der Waals surface area contributed by atoms with E-state index < -0.39 is 17.7 Å². The smallest absolute Gasteiger partial charge is 0.416 e. The topological polar surface area (TPSA) is 65.5 Å². The summed E-state index contributed by atoms with van der Waals surface area (Å²) in [6, 6.07) is 9.32. The van der Waals surface area contributed by atoms with Crippen molar-refractivity contribution in [2.75, 3.05) is 26.0 Å². The zero-order valence-corrected chi connectivity index (χ0v) is 13.7. The van der Waals surface area contributed by atoms with Gasteiger partial charge in [-0.15, -0.1) is 0 Å². The first kappa shape index (κ1) is 18.7. The molecule has 2 aromatic rings. The molecule has 0 amide bonds. The summed E-state index contributed by atoms with van der Waals surface area (Å²) < 4.78 is 38.7. The number of aromatic carboxylic acids is 1. The maximum atomic E-state index is 12.9. The highest BCUT2D eigenvalue weighted by Crippen LogP contribution is 2.31. The van der Waals surface area contributed by atoms with Gasteiger partial charge in [0.15, 0.2) is 5.69 Å². The summed E-state index contributed by atoms with van der Waals surface area (Å²) in [6.07, 6.45) is -4.41. The van der Waals surface area contributed by atoms with E-state index in [0.29, 0.717) is 11.4 Å². The van der Waals surface area contributed by atoms with Crippen LogP contribution in [0, 0.1) is 0 Å². The monoisotopic (exact) mass is 353 g/mol. The molecular weight excluding hydrogens is 335 g/mol. The van der Waals surface area contributed by atoms with Crippen molar-refractivity contribution in [1.29, 1.82) is 0 Å². The number of nitrogens with zero attached hydrogens (tertiary/aromatic N) is 2. The Hall–Kier alpha value is -2.61. The molecule has 8 heteroatoms. The van der Waals surface area contributed by atoms with Crippen LogP contribution in [-0.2, 0) is 6.18 Å². The maximum Gasteiger partial charge on any atom is 0.416 e. The second-order valence-electron chi connectivity index (χ2n) is 5.70. The SMILES string of the molecule is CN(C)C(CNc1cccc(C(=O)O)n1)c1cccc(C(F)(F)F)c1. The average molecular weight is 353 g/mol. The molecule has 0 aliphatic heterocycles. The second kappa shape index (κ2) is 7.52. The fourth-order valence-corrected chi connectivity index (χ4v) is 2.37. The number of alkyl halides is 3. The summed E-state index contributed by atoms with van der Waals surface area (Å²) in [6.45, 7) is 0.268. The minimum atomic E-state index is -4.41. The average Bonchev–Trinajstić information content (AvgIpc) is 2.54. The minimum Gasteiger partial charge on any atom is -0.477 e. The molecule has 0 saturated heterocycles. The van der Waals surface area contributed by atoms with Crippen molar-refractivity contribution in [2.45, 2.75) is 12.2 Å². The fraction of sp³-hybridized carbons (Fsp3) is 0.294. The Morgan fingerprint density at radius 1 is 1.24 bits per heavy atom. The molecule has 0 bridgehead atoms. The van der Waals surface area contributed by atoms with Crippen LogP contribution in [0.4, 0.5) is 19.0 Å². The third-order valence-corrected chi connectivity index (χ3v) is 3.67. The molecule has 25 heavy (non-hydrogen) atoms.